The highest BCUT2D eigenvalue weighted by Crippen LogP contribution is 2.29. The molecular formula is C10H14N4. The Morgan fingerprint density at radius 2 is 2.14 bits per heavy atom. The summed E-state index contributed by atoms with van der Waals surface area (Å²) < 4.78 is 0. The van der Waals surface area contributed by atoms with E-state index in [0.717, 1.165) is 23.9 Å². The third-order valence-corrected chi connectivity index (χ3v) is 2.25. The van der Waals surface area contributed by atoms with Crippen molar-refractivity contribution in [3.8, 4) is 0 Å². The first kappa shape index (κ1) is 8.99. The van der Waals surface area contributed by atoms with Crippen LogP contribution in [0, 0.1) is 0 Å². The third-order valence-electron chi connectivity index (χ3n) is 2.25. The molecule has 4 heteroatoms. The van der Waals surface area contributed by atoms with Gasteiger partial charge < -0.3 is 9.80 Å². The fourth-order valence-corrected chi connectivity index (χ4v) is 1.41. The molecule has 0 N–H and O–H groups in total. The van der Waals surface area contributed by atoms with Gasteiger partial charge in [-0.15, -0.1) is 0 Å². The lowest BCUT2D eigenvalue weighted by Gasteiger charge is -2.23. The van der Waals surface area contributed by atoms with Crippen LogP contribution >= 0.6 is 0 Å². The molecule has 1 aliphatic heterocycles. The number of rotatable bonds is 1. The number of aliphatic imine (C=N–C) groups is 1. The maximum Gasteiger partial charge on any atom is 0.157 e. The molecule has 0 saturated carbocycles. The van der Waals surface area contributed by atoms with Gasteiger partial charge in [-0.3, -0.25) is 4.99 Å². The van der Waals surface area contributed by atoms with Gasteiger partial charge in [-0.25, -0.2) is 4.98 Å². The van der Waals surface area contributed by atoms with E-state index in [-0.39, 0.29) is 0 Å². The van der Waals surface area contributed by atoms with Gasteiger partial charge in [0, 0.05) is 27.4 Å². The minimum atomic E-state index is 0.830. The fourth-order valence-electron chi connectivity index (χ4n) is 1.41. The zero-order chi connectivity index (χ0) is 10.1. The predicted molar refractivity (Wildman–Crippen MR) is 60.0 cm³/mol. The molecule has 2 heterocycles. The Labute approximate surface area is 83.9 Å². The highest BCUT2D eigenvalue weighted by atomic mass is 15.2. The van der Waals surface area contributed by atoms with Gasteiger partial charge in [-0.2, -0.15) is 0 Å². The lowest BCUT2D eigenvalue weighted by atomic mass is 10.3. The van der Waals surface area contributed by atoms with Crippen molar-refractivity contribution >= 4 is 23.5 Å². The minimum absolute atomic E-state index is 0.830. The quantitative estimate of drug-likeness (QED) is 0.669. The second-order valence-corrected chi connectivity index (χ2v) is 3.60. The van der Waals surface area contributed by atoms with Crippen molar-refractivity contribution in [2.75, 3.05) is 37.5 Å². The average Bonchev–Trinajstić information content (AvgIpc) is 2.18. The number of fused-ring (bicyclic) bond motifs is 1. The molecule has 0 amide bonds. The largest absolute Gasteiger partial charge is 0.363 e. The number of hydrogen-bond acceptors (Lipinski definition) is 4. The third kappa shape index (κ3) is 1.43. The molecule has 0 spiro atoms. The molecule has 1 aliphatic rings. The SMILES string of the molecule is CN(C)c1ccc2c(n1)N(C)CC=N2. The lowest BCUT2D eigenvalue weighted by Crippen LogP contribution is -2.24. The van der Waals surface area contributed by atoms with Crippen LogP contribution < -0.4 is 9.80 Å². The van der Waals surface area contributed by atoms with Crippen LogP contribution in [0.4, 0.5) is 17.3 Å². The number of nitrogens with zero attached hydrogens (tertiary/aromatic N) is 4. The van der Waals surface area contributed by atoms with Crippen molar-refractivity contribution in [3.63, 3.8) is 0 Å². The summed E-state index contributed by atoms with van der Waals surface area (Å²) in [6.45, 7) is 0.830. The van der Waals surface area contributed by atoms with Crippen molar-refractivity contribution in [3.05, 3.63) is 12.1 Å². The predicted octanol–water partition coefficient (Wildman–Crippen LogP) is 1.30. The van der Waals surface area contributed by atoms with Crippen LogP contribution in [0.1, 0.15) is 0 Å². The van der Waals surface area contributed by atoms with Gasteiger partial charge in [-0.1, -0.05) is 0 Å². The van der Waals surface area contributed by atoms with E-state index in [0.29, 0.717) is 0 Å². The first-order valence-electron chi connectivity index (χ1n) is 4.60. The molecule has 0 aliphatic carbocycles. The Morgan fingerprint density at radius 3 is 2.86 bits per heavy atom. The molecule has 2 rings (SSSR count). The van der Waals surface area contributed by atoms with Gasteiger partial charge in [0.05, 0.1) is 6.54 Å². The molecule has 0 radical (unpaired) electrons. The van der Waals surface area contributed by atoms with Gasteiger partial charge in [0.2, 0.25) is 0 Å². The zero-order valence-corrected chi connectivity index (χ0v) is 8.73. The number of pyridine rings is 1. The van der Waals surface area contributed by atoms with Crippen molar-refractivity contribution in [2.45, 2.75) is 0 Å². The van der Waals surface area contributed by atoms with Crippen molar-refractivity contribution in [1.82, 2.24) is 4.98 Å². The topological polar surface area (TPSA) is 31.7 Å². The van der Waals surface area contributed by atoms with Crippen LogP contribution in [0.15, 0.2) is 17.1 Å². The summed E-state index contributed by atoms with van der Waals surface area (Å²) in [5, 5.41) is 0. The van der Waals surface area contributed by atoms with Crippen LogP contribution in [0.3, 0.4) is 0 Å². The Hall–Kier alpha value is -1.58. The Morgan fingerprint density at radius 1 is 1.36 bits per heavy atom. The molecular weight excluding hydrogens is 176 g/mol. The van der Waals surface area contributed by atoms with E-state index in [1.807, 2.05) is 44.4 Å². The summed E-state index contributed by atoms with van der Waals surface area (Å²) in [5.74, 6) is 1.92. The molecule has 0 unspecified atom stereocenters. The van der Waals surface area contributed by atoms with Gasteiger partial charge in [0.25, 0.3) is 0 Å². The van der Waals surface area contributed by atoms with Crippen molar-refractivity contribution in [1.29, 1.82) is 0 Å². The first-order chi connectivity index (χ1) is 6.68. The van der Waals surface area contributed by atoms with Crippen molar-refractivity contribution < 1.29 is 0 Å². The summed E-state index contributed by atoms with van der Waals surface area (Å²) in [5.41, 5.74) is 0.948. The molecule has 1 aromatic heterocycles. The Kier molecular flexibility index (Phi) is 2.11. The summed E-state index contributed by atoms with van der Waals surface area (Å²) in [6, 6.07) is 3.99. The van der Waals surface area contributed by atoms with Gasteiger partial charge in [-0.05, 0) is 12.1 Å². The maximum absolute atomic E-state index is 4.53. The number of aromatic nitrogens is 1. The Balaban J connectivity index is 2.47. The molecule has 4 nitrogen and oxygen atoms in total. The second-order valence-electron chi connectivity index (χ2n) is 3.60. The molecule has 0 bridgehead atoms. The van der Waals surface area contributed by atoms with Crippen LogP contribution in [-0.4, -0.2) is 38.9 Å². The first-order valence-corrected chi connectivity index (χ1v) is 4.60. The van der Waals surface area contributed by atoms with Gasteiger partial charge >= 0.3 is 0 Å². The van der Waals surface area contributed by atoms with E-state index in [9.17, 15) is 0 Å². The summed E-state index contributed by atoms with van der Waals surface area (Å²) in [7, 11) is 6.00. The van der Waals surface area contributed by atoms with E-state index >= 15 is 0 Å². The van der Waals surface area contributed by atoms with E-state index in [1.165, 1.54) is 0 Å². The molecule has 1 aromatic rings. The lowest BCUT2D eigenvalue weighted by molar-refractivity contribution is 0.980. The zero-order valence-electron chi connectivity index (χ0n) is 8.73. The molecule has 0 aromatic carbocycles. The van der Waals surface area contributed by atoms with Gasteiger partial charge in [0.1, 0.15) is 11.5 Å². The summed E-state index contributed by atoms with van der Waals surface area (Å²) in [4.78, 5) is 12.9. The molecule has 74 valence electrons. The van der Waals surface area contributed by atoms with Crippen LogP contribution in [-0.2, 0) is 0 Å². The minimum Gasteiger partial charge on any atom is -0.363 e. The fraction of sp³-hybridized carbons (Fsp3) is 0.400. The standard InChI is InChI=1S/C10H14N4/c1-13(2)9-5-4-8-10(12-9)14(3)7-6-11-8/h4-6H,7H2,1-3H3. The molecule has 0 fully saturated rings. The van der Waals surface area contributed by atoms with E-state index in [1.54, 1.807) is 0 Å². The molecule has 0 saturated heterocycles. The van der Waals surface area contributed by atoms with Crippen LogP contribution in [0.25, 0.3) is 0 Å². The van der Waals surface area contributed by atoms with E-state index < -0.39 is 0 Å². The molecule has 0 atom stereocenters. The molecule has 14 heavy (non-hydrogen) atoms. The van der Waals surface area contributed by atoms with E-state index in [2.05, 4.69) is 14.9 Å². The van der Waals surface area contributed by atoms with Crippen LogP contribution in [0.2, 0.25) is 0 Å². The normalized spacial score (nSPS) is 14.1. The second kappa shape index (κ2) is 3.29. The number of hydrogen-bond donors (Lipinski definition) is 0. The van der Waals surface area contributed by atoms with Gasteiger partial charge in [0.15, 0.2) is 5.82 Å². The highest BCUT2D eigenvalue weighted by molar-refractivity contribution is 5.80. The summed E-state index contributed by atoms with van der Waals surface area (Å²) >= 11 is 0. The Bertz CT molecular complexity index is 370. The van der Waals surface area contributed by atoms with Crippen molar-refractivity contribution in [2.24, 2.45) is 4.99 Å². The average molecular weight is 190 g/mol. The monoisotopic (exact) mass is 190 g/mol. The summed E-state index contributed by atoms with van der Waals surface area (Å²) in [6.07, 6.45) is 1.90. The van der Waals surface area contributed by atoms with Crippen LogP contribution in [0.5, 0.6) is 0 Å². The number of anilines is 2. The highest BCUT2D eigenvalue weighted by Gasteiger charge is 2.12. The maximum atomic E-state index is 4.53. The van der Waals surface area contributed by atoms with E-state index in [4.69, 9.17) is 0 Å². The smallest absolute Gasteiger partial charge is 0.157 e.